The fourth-order valence-electron chi connectivity index (χ4n) is 4.27. The number of aliphatic imine (C=N–C) groups is 1. The molecule has 1 fully saturated rings. The number of phenols is 1. The zero-order valence-corrected chi connectivity index (χ0v) is 17.5. The molecule has 0 atom stereocenters. The minimum atomic E-state index is -0.510. The number of nitro benzene ring substituents is 1. The van der Waals surface area contributed by atoms with Gasteiger partial charge in [0.15, 0.2) is 0 Å². The summed E-state index contributed by atoms with van der Waals surface area (Å²) in [5, 5.41) is 24.9. The summed E-state index contributed by atoms with van der Waals surface area (Å²) >= 11 is 1.51. The molecule has 1 aromatic carbocycles. The number of amides is 1. The number of benzene rings is 1. The van der Waals surface area contributed by atoms with Gasteiger partial charge in [-0.25, -0.2) is 4.99 Å². The van der Waals surface area contributed by atoms with E-state index in [9.17, 15) is 20.0 Å². The van der Waals surface area contributed by atoms with Gasteiger partial charge in [-0.15, -0.1) is 11.3 Å². The Morgan fingerprint density at radius 2 is 1.97 bits per heavy atom. The van der Waals surface area contributed by atoms with Crippen molar-refractivity contribution < 1.29 is 14.8 Å². The van der Waals surface area contributed by atoms with Crippen LogP contribution in [0.2, 0.25) is 0 Å². The van der Waals surface area contributed by atoms with Crippen LogP contribution in [-0.4, -0.2) is 28.2 Å². The van der Waals surface area contributed by atoms with Gasteiger partial charge in [0.2, 0.25) is 0 Å². The Balaban J connectivity index is 1.65. The van der Waals surface area contributed by atoms with Gasteiger partial charge in [-0.05, 0) is 50.2 Å². The molecule has 7 nitrogen and oxygen atoms in total. The summed E-state index contributed by atoms with van der Waals surface area (Å²) in [4.78, 5) is 29.4. The molecule has 2 N–H and O–H groups in total. The molecule has 8 heteroatoms. The van der Waals surface area contributed by atoms with Crippen molar-refractivity contribution in [2.45, 2.75) is 63.8 Å². The van der Waals surface area contributed by atoms with Gasteiger partial charge in [0.1, 0.15) is 10.8 Å². The average molecular weight is 428 g/mol. The topological polar surface area (TPSA) is 105 Å². The second kappa shape index (κ2) is 8.95. The maximum Gasteiger partial charge on any atom is 0.270 e. The summed E-state index contributed by atoms with van der Waals surface area (Å²) in [7, 11) is 0. The first-order valence-electron chi connectivity index (χ1n) is 10.5. The molecule has 0 spiro atoms. The number of nitrogens with one attached hydrogen (secondary N) is 1. The normalized spacial score (nSPS) is 17.1. The van der Waals surface area contributed by atoms with Gasteiger partial charge in [-0.3, -0.25) is 14.9 Å². The summed E-state index contributed by atoms with van der Waals surface area (Å²) < 4.78 is 0. The van der Waals surface area contributed by atoms with Gasteiger partial charge in [-0.1, -0.05) is 19.3 Å². The lowest BCUT2D eigenvalue weighted by atomic mass is 9.93. The van der Waals surface area contributed by atoms with E-state index in [1.165, 1.54) is 47.0 Å². The fourth-order valence-corrected chi connectivity index (χ4v) is 5.50. The second-order valence-corrected chi connectivity index (χ2v) is 9.04. The maximum absolute atomic E-state index is 13.2. The lowest BCUT2D eigenvalue weighted by Gasteiger charge is -2.23. The van der Waals surface area contributed by atoms with Crippen molar-refractivity contribution in [3.05, 3.63) is 49.9 Å². The van der Waals surface area contributed by atoms with E-state index >= 15 is 0 Å². The number of phenolic OH excluding ortho intramolecular Hbond substituents is 1. The number of thiophene rings is 1. The number of aromatic hydroxyl groups is 1. The molecule has 4 rings (SSSR count). The van der Waals surface area contributed by atoms with Crippen LogP contribution in [0.5, 0.6) is 5.75 Å². The highest BCUT2D eigenvalue weighted by atomic mass is 32.1. The van der Waals surface area contributed by atoms with Crippen LogP contribution < -0.4 is 5.32 Å². The number of carbonyl (C=O) groups is 1. The molecule has 2 aliphatic carbocycles. The van der Waals surface area contributed by atoms with Gasteiger partial charge in [0, 0.05) is 34.8 Å². The highest BCUT2D eigenvalue weighted by Gasteiger charge is 2.27. The van der Waals surface area contributed by atoms with Crippen LogP contribution >= 0.6 is 11.3 Å². The van der Waals surface area contributed by atoms with Crippen LogP contribution in [-0.2, 0) is 12.8 Å². The molecule has 0 saturated heterocycles. The number of carbonyl (C=O) groups excluding carboxylic acids is 1. The zero-order valence-electron chi connectivity index (χ0n) is 16.7. The van der Waals surface area contributed by atoms with Crippen molar-refractivity contribution in [2.75, 3.05) is 0 Å². The van der Waals surface area contributed by atoms with E-state index < -0.39 is 4.92 Å². The molecule has 2 aliphatic rings. The van der Waals surface area contributed by atoms with Crippen molar-refractivity contribution in [1.29, 1.82) is 0 Å². The first-order chi connectivity index (χ1) is 14.5. The molecule has 1 amide bonds. The molecular weight excluding hydrogens is 402 g/mol. The van der Waals surface area contributed by atoms with E-state index in [1.807, 2.05) is 0 Å². The van der Waals surface area contributed by atoms with Crippen LogP contribution in [0.4, 0.5) is 10.7 Å². The summed E-state index contributed by atoms with van der Waals surface area (Å²) in [5.41, 5.74) is 1.88. The number of non-ortho nitro benzene ring substituents is 1. The van der Waals surface area contributed by atoms with Crippen LogP contribution in [0, 0.1) is 10.1 Å². The standard InChI is InChI=1S/C22H25N3O4S/c26-18-11-10-16(25(28)29)12-14(18)13-23-22-20(17-8-4-5-9-19(17)30-22)21(27)24-15-6-2-1-3-7-15/h10-13,15,26H,1-9H2,(H,24,27). The number of hydrogen-bond acceptors (Lipinski definition) is 6. The number of rotatable bonds is 5. The minimum Gasteiger partial charge on any atom is -0.507 e. The Morgan fingerprint density at radius 3 is 2.73 bits per heavy atom. The molecule has 1 aromatic heterocycles. The lowest BCUT2D eigenvalue weighted by Crippen LogP contribution is -2.36. The first kappa shape index (κ1) is 20.5. The second-order valence-electron chi connectivity index (χ2n) is 7.96. The third kappa shape index (κ3) is 4.38. The van der Waals surface area contributed by atoms with E-state index in [4.69, 9.17) is 0 Å². The number of aryl methyl sites for hydroxylation is 1. The largest absolute Gasteiger partial charge is 0.507 e. The summed E-state index contributed by atoms with van der Waals surface area (Å²) in [5.74, 6) is -0.157. The van der Waals surface area contributed by atoms with E-state index in [0.29, 0.717) is 10.6 Å². The van der Waals surface area contributed by atoms with Gasteiger partial charge in [0.25, 0.3) is 11.6 Å². The van der Waals surface area contributed by atoms with E-state index in [1.54, 1.807) is 0 Å². The minimum absolute atomic E-state index is 0.0725. The smallest absolute Gasteiger partial charge is 0.270 e. The zero-order chi connectivity index (χ0) is 21.1. The molecule has 2 aromatic rings. The van der Waals surface area contributed by atoms with Gasteiger partial charge >= 0.3 is 0 Å². The maximum atomic E-state index is 13.2. The monoisotopic (exact) mass is 427 g/mol. The molecule has 0 bridgehead atoms. The molecule has 0 radical (unpaired) electrons. The Hall–Kier alpha value is -2.74. The van der Waals surface area contributed by atoms with E-state index in [-0.39, 0.29) is 28.9 Å². The third-order valence-electron chi connectivity index (χ3n) is 5.86. The van der Waals surface area contributed by atoms with Gasteiger partial charge in [0.05, 0.1) is 10.5 Å². The molecular formula is C22H25N3O4S. The van der Waals surface area contributed by atoms with Crippen molar-refractivity contribution in [3.63, 3.8) is 0 Å². The molecule has 1 heterocycles. The number of nitro groups is 1. The Bertz CT molecular complexity index is 993. The fraction of sp³-hybridized carbons (Fsp3) is 0.455. The first-order valence-corrected chi connectivity index (χ1v) is 11.3. The Kier molecular flexibility index (Phi) is 6.13. The number of fused-ring (bicyclic) bond motifs is 1. The predicted molar refractivity (Wildman–Crippen MR) is 117 cm³/mol. The van der Waals surface area contributed by atoms with Crippen molar-refractivity contribution >= 4 is 34.1 Å². The van der Waals surface area contributed by atoms with E-state index in [2.05, 4.69) is 10.3 Å². The quantitative estimate of drug-likeness (QED) is 0.395. The van der Waals surface area contributed by atoms with Crippen LogP contribution in [0.1, 0.15) is 71.3 Å². The molecule has 30 heavy (non-hydrogen) atoms. The Morgan fingerprint density at radius 1 is 1.20 bits per heavy atom. The molecule has 158 valence electrons. The third-order valence-corrected chi connectivity index (χ3v) is 7.06. The van der Waals surface area contributed by atoms with Gasteiger partial charge < -0.3 is 10.4 Å². The number of nitrogens with zero attached hydrogens (tertiary/aromatic N) is 2. The molecule has 1 saturated carbocycles. The summed E-state index contributed by atoms with van der Waals surface area (Å²) in [6, 6.07) is 4.03. The highest BCUT2D eigenvalue weighted by molar-refractivity contribution is 7.16. The van der Waals surface area contributed by atoms with Crippen LogP contribution in [0.15, 0.2) is 23.2 Å². The Labute approximate surface area is 179 Å². The van der Waals surface area contributed by atoms with Crippen molar-refractivity contribution in [2.24, 2.45) is 4.99 Å². The molecule has 0 aliphatic heterocycles. The van der Waals surface area contributed by atoms with Gasteiger partial charge in [-0.2, -0.15) is 0 Å². The summed E-state index contributed by atoms with van der Waals surface area (Å²) in [6.45, 7) is 0. The van der Waals surface area contributed by atoms with Crippen molar-refractivity contribution in [1.82, 2.24) is 5.32 Å². The van der Waals surface area contributed by atoms with E-state index in [0.717, 1.165) is 56.9 Å². The lowest BCUT2D eigenvalue weighted by molar-refractivity contribution is -0.384. The SMILES string of the molecule is O=C(NC1CCCCC1)c1c(N=Cc2cc([N+](=O)[O-])ccc2O)sc2c1CCCC2. The van der Waals surface area contributed by atoms with Crippen LogP contribution in [0.25, 0.3) is 0 Å². The molecule has 0 unspecified atom stereocenters. The predicted octanol–water partition coefficient (Wildman–Crippen LogP) is 5.05. The van der Waals surface area contributed by atoms with Crippen molar-refractivity contribution in [3.8, 4) is 5.75 Å². The average Bonchev–Trinajstić information content (AvgIpc) is 3.12. The highest BCUT2D eigenvalue weighted by Crippen LogP contribution is 2.40. The summed E-state index contributed by atoms with van der Waals surface area (Å²) in [6.07, 6.45) is 10.9. The van der Waals surface area contributed by atoms with Crippen LogP contribution in [0.3, 0.4) is 0 Å². The number of hydrogen-bond donors (Lipinski definition) is 2.